The van der Waals surface area contributed by atoms with Crippen LogP contribution in [0.25, 0.3) is 0 Å². The van der Waals surface area contributed by atoms with Gasteiger partial charge in [0.2, 0.25) is 5.91 Å². The summed E-state index contributed by atoms with van der Waals surface area (Å²) in [5.74, 6) is -3.85. The lowest BCUT2D eigenvalue weighted by atomic mass is 9.85. The van der Waals surface area contributed by atoms with Crippen molar-refractivity contribution in [3.05, 3.63) is 63.0 Å². The molecule has 0 bridgehead atoms. The van der Waals surface area contributed by atoms with Crippen LogP contribution in [0.5, 0.6) is 0 Å². The van der Waals surface area contributed by atoms with Crippen LogP contribution in [-0.4, -0.2) is 29.3 Å². The van der Waals surface area contributed by atoms with Gasteiger partial charge in [0.15, 0.2) is 5.78 Å². The number of carbonyl (C=O) groups excluding carboxylic acids is 2. The van der Waals surface area contributed by atoms with E-state index >= 15 is 0 Å². The molecule has 2 aromatic carbocycles. The van der Waals surface area contributed by atoms with Crippen LogP contribution in [-0.2, 0) is 16.0 Å². The van der Waals surface area contributed by atoms with E-state index in [-0.39, 0.29) is 23.2 Å². The Labute approximate surface area is 156 Å². The molecular weight excluding hydrogens is 440 g/mol. The van der Waals surface area contributed by atoms with Gasteiger partial charge in [-0.15, -0.1) is 0 Å². The molecule has 1 heterocycles. The molecule has 0 saturated heterocycles. The predicted molar refractivity (Wildman–Crippen MR) is 97.1 cm³/mol. The zero-order valence-electron chi connectivity index (χ0n) is 12.9. The number of carboxylic acid groups (broad SMARTS) is 1. The van der Waals surface area contributed by atoms with E-state index in [2.05, 4.69) is 0 Å². The summed E-state index contributed by atoms with van der Waals surface area (Å²) in [7, 11) is 0. The van der Waals surface area contributed by atoms with E-state index in [1.54, 1.807) is 30.3 Å². The first-order chi connectivity index (χ1) is 11.9. The van der Waals surface area contributed by atoms with Gasteiger partial charge in [-0.1, -0.05) is 18.2 Å². The first kappa shape index (κ1) is 17.5. The average Bonchev–Trinajstić information content (AvgIpc) is 2.57. The van der Waals surface area contributed by atoms with Crippen molar-refractivity contribution >= 4 is 45.9 Å². The van der Waals surface area contributed by atoms with Crippen molar-refractivity contribution in [3.8, 4) is 0 Å². The number of carboxylic acids is 1. The molecule has 1 N–H and O–H groups in total. The lowest BCUT2D eigenvalue weighted by Gasteiger charge is -2.32. The number of rotatable bonds is 4. The minimum Gasteiger partial charge on any atom is -0.480 e. The van der Waals surface area contributed by atoms with E-state index in [1.807, 2.05) is 22.6 Å². The standard InChI is InChI=1S/C18H13FINO4/c19-14-8-11(20)6-5-10(14)7-13-17(24)12-3-1-2-4-15(12)21(18(13)25)9-16(22)23/h1-6,8,13H,7,9H2,(H,22,23). The highest BCUT2D eigenvalue weighted by Gasteiger charge is 2.40. The normalized spacial score (nSPS) is 16.7. The number of nitrogens with zero attached hydrogens (tertiary/aromatic N) is 1. The van der Waals surface area contributed by atoms with Gasteiger partial charge in [-0.3, -0.25) is 19.3 Å². The van der Waals surface area contributed by atoms with Gasteiger partial charge in [-0.2, -0.15) is 0 Å². The first-order valence-electron chi connectivity index (χ1n) is 7.49. The van der Waals surface area contributed by atoms with E-state index in [4.69, 9.17) is 5.11 Å². The summed E-state index contributed by atoms with van der Waals surface area (Å²) < 4.78 is 14.8. The Kier molecular flexibility index (Phi) is 4.85. The molecule has 1 aliphatic heterocycles. The van der Waals surface area contributed by atoms with Crippen LogP contribution in [0, 0.1) is 15.3 Å². The van der Waals surface area contributed by atoms with Gasteiger partial charge in [0.05, 0.1) is 5.69 Å². The van der Waals surface area contributed by atoms with Gasteiger partial charge in [-0.25, -0.2) is 4.39 Å². The Morgan fingerprint density at radius 2 is 1.92 bits per heavy atom. The van der Waals surface area contributed by atoms with Gasteiger partial charge in [0.1, 0.15) is 18.3 Å². The molecule has 2 aromatic rings. The fourth-order valence-electron chi connectivity index (χ4n) is 2.91. The molecule has 3 rings (SSSR count). The van der Waals surface area contributed by atoms with Crippen LogP contribution in [0.2, 0.25) is 0 Å². The number of hydrogen-bond acceptors (Lipinski definition) is 3. The molecule has 0 saturated carbocycles. The number of fused-ring (bicyclic) bond motifs is 1. The molecule has 25 heavy (non-hydrogen) atoms. The fourth-order valence-corrected chi connectivity index (χ4v) is 3.36. The third kappa shape index (κ3) is 3.41. The first-order valence-corrected chi connectivity index (χ1v) is 8.56. The third-order valence-corrected chi connectivity index (χ3v) is 4.74. The highest BCUT2D eigenvalue weighted by atomic mass is 127. The van der Waals surface area contributed by atoms with Crippen LogP contribution in [0.15, 0.2) is 42.5 Å². The number of halogens is 2. The Bertz CT molecular complexity index is 883. The molecule has 1 atom stereocenters. The third-order valence-electron chi connectivity index (χ3n) is 4.07. The van der Waals surface area contributed by atoms with Crippen molar-refractivity contribution in [1.29, 1.82) is 0 Å². The second-order valence-corrected chi connectivity index (χ2v) is 6.94. The molecule has 1 aliphatic rings. The predicted octanol–water partition coefficient (Wildman–Crippen LogP) is 2.90. The largest absolute Gasteiger partial charge is 0.480 e. The minimum absolute atomic E-state index is 0.106. The van der Waals surface area contributed by atoms with Crippen molar-refractivity contribution < 1.29 is 23.9 Å². The number of hydrogen-bond donors (Lipinski definition) is 1. The van der Waals surface area contributed by atoms with Gasteiger partial charge >= 0.3 is 5.97 Å². The molecule has 5 nitrogen and oxygen atoms in total. The van der Waals surface area contributed by atoms with E-state index < -0.39 is 35.9 Å². The Morgan fingerprint density at radius 1 is 1.20 bits per heavy atom. The van der Waals surface area contributed by atoms with Crippen LogP contribution in [0.1, 0.15) is 15.9 Å². The maximum atomic E-state index is 14.1. The lowest BCUT2D eigenvalue weighted by Crippen LogP contribution is -2.47. The van der Waals surface area contributed by atoms with E-state index in [1.165, 1.54) is 12.1 Å². The van der Waals surface area contributed by atoms with E-state index in [9.17, 15) is 18.8 Å². The highest BCUT2D eigenvalue weighted by Crippen LogP contribution is 2.32. The summed E-state index contributed by atoms with van der Waals surface area (Å²) in [5, 5.41) is 9.09. The van der Waals surface area contributed by atoms with Crippen molar-refractivity contribution in [1.82, 2.24) is 0 Å². The quantitative estimate of drug-likeness (QED) is 0.571. The fraction of sp³-hybridized carbons (Fsp3) is 0.167. The summed E-state index contributed by atoms with van der Waals surface area (Å²) in [4.78, 5) is 37.7. The molecular formula is C18H13FINO4. The van der Waals surface area contributed by atoms with Crippen molar-refractivity contribution in [2.45, 2.75) is 6.42 Å². The Morgan fingerprint density at radius 3 is 2.60 bits per heavy atom. The molecule has 0 spiro atoms. The second-order valence-electron chi connectivity index (χ2n) is 5.69. The van der Waals surface area contributed by atoms with Crippen LogP contribution < -0.4 is 4.90 Å². The monoisotopic (exact) mass is 453 g/mol. The molecule has 0 radical (unpaired) electrons. The minimum atomic E-state index is -1.18. The summed E-state index contributed by atoms with van der Waals surface area (Å²) >= 11 is 1.97. The van der Waals surface area contributed by atoms with Crippen molar-refractivity contribution in [2.24, 2.45) is 5.92 Å². The number of carbonyl (C=O) groups is 3. The summed E-state index contributed by atoms with van der Waals surface area (Å²) in [6.45, 7) is -0.547. The SMILES string of the molecule is O=C(O)CN1C(=O)C(Cc2ccc(I)cc2F)C(=O)c2ccccc21. The summed E-state index contributed by atoms with van der Waals surface area (Å²) in [5.41, 5.74) is 0.806. The van der Waals surface area contributed by atoms with Gasteiger partial charge in [-0.05, 0) is 58.8 Å². The van der Waals surface area contributed by atoms with Crippen LogP contribution >= 0.6 is 22.6 Å². The maximum absolute atomic E-state index is 14.1. The zero-order chi connectivity index (χ0) is 18.1. The number of Topliss-reactive ketones (excluding diaryl/α,β-unsaturated/α-hetero) is 1. The van der Waals surface area contributed by atoms with E-state index in [0.717, 1.165) is 4.90 Å². The summed E-state index contributed by atoms with van der Waals surface area (Å²) in [6.07, 6.45) is -0.106. The molecule has 1 amide bonds. The molecule has 128 valence electrons. The van der Waals surface area contributed by atoms with Crippen molar-refractivity contribution in [2.75, 3.05) is 11.4 Å². The number of benzene rings is 2. The topological polar surface area (TPSA) is 74.7 Å². The molecule has 7 heteroatoms. The number of para-hydroxylation sites is 1. The van der Waals surface area contributed by atoms with Crippen LogP contribution in [0.4, 0.5) is 10.1 Å². The van der Waals surface area contributed by atoms with Crippen molar-refractivity contribution in [3.63, 3.8) is 0 Å². The number of anilines is 1. The Balaban J connectivity index is 2.01. The second kappa shape index (κ2) is 6.91. The lowest BCUT2D eigenvalue weighted by molar-refractivity contribution is -0.137. The average molecular weight is 453 g/mol. The number of aliphatic carboxylic acids is 1. The van der Waals surface area contributed by atoms with E-state index in [0.29, 0.717) is 3.57 Å². The molecule has 1 unspecified atom stereocenters. The Hall–Kier alpha value is -2.29. The zero-order valence-corrected chi connectivity index (χ0v) is 15.1. The molecule has 0 fully saturated rings. The van der Waals surface area contributed by atoms with Gasteiger partial charge in [0.25, 0.3) is 0 Å². The number of amides is 1. The van der Waals surface area contributed by atoms with Gasteiger partial charge in [0, 0.05) is 9.13 Å². The van der Waals surface area contributed by atoms with Gasteiger partial charge < -0.3 is 5.11 Å². The summed E-state index contributed by atoms with van der Waals surface area (Å²) in [6, 6.07) is 10.9. The maximum Gasteiger partial charge on any atom is 0.323 e. The number of ketones is 1. The highest BCUT2D eigenvalue weighted by molar-refractivity contribution is 14.1. The van der Waals surface area contributed by atoms with Crippen LogP contribution in [0.3, 0.4) is 0 Å². The molecule has 0 aliphatic carbocycles. The smallest absolute Gasteiger partial charge is 0.323 e. The molecule has 0 aromatic heterocycles.